The number of benzene rings is 1. The molecule has 1 aromatic carbocycles. The van der Waals surface area contributed by atoms with Gasteiger partial charge in [0.25, 0.3) is 5.91 Å². The fourth-order valence-corrected chi connectivity index (χ4v) is 1.91. The molecule has 0 radical (unpaired) electrons. The van der Waals surface area contributed by atoms with Crippen molar-refractivity contribution in [2.24, 2.45) is 0 Å². The Morgan fingerprint density at radius 1 is 1.38 bits per heavy atom. The summed E-state index contributed by atoms with van der Waals surface area (Å²) in [5.41, 5.74) is -0.567. The molecule has 1 aliphatic rings. The summed E-state index contributed by atoms with van der Waals surface area (Å²) in [6.45, 7) is 1.79. The SMILES string of the molecule is C[C@@H](OC(=O)[C@H]1CCCO1)C(=O)Nc1c(F)cccc1F. The van der Waals surface area contributed by atoms with Gasteiger partial charge in [-0.05, 0) is 31.9 Å². The highest BCUT2D eigenvalue weighted by Crippen LogP contribution is 2.19. The zero-order valence-corrected chi connectivity index (χ0v) is 11.4. The van der Waals surface area contributed by atoms with Crippen LogP contribution >= 0.6 is 0 Å². The van der Waals surface area contributed by atoms with Crippen molar-refractivity contribution in [2.45, 2.75) is 32.0 Å². The van der Waals surface area contributed by atoms with Crippen molar-refractivity contribution < 1.29 is 27.8 Å². The van der Waals surface area contributed by atoms with Gasteiger partial charge in [0, 0.05) is 6.61 Å². The number of carbonyl (C=O) groups excluding carboxylic acids is 2. The second-order valence-corrected chi connectivity index (χ2v) is 4.67. The maximum Gasteiger partial charge on any atom is 0.336 e. The Bertz CT molecular complexity index is 524. The maximum atomic E-state index is 13.4. The first-order valence-electron chi connectivity index (χ1n) is 6.56. The number of para-hydroxylation sites is 1. The maximum absolute atomic E-state index is 13.4. The fourth-order valence-electron chi connectivity index (χ4n) is 1.91. The van der Waals surface area contributed by atoms with E-state index >= 15 is 0 Å². The zero-order chi connectivity index (χ0) is 15.4. The third-order valence-corrected chi connectivity index (χ3v) is 3.07. The van der Waals surface area contributed by atoms with Crippen molar-refractivity contribution in [1.82, 2.24) is 0 Å². The number of esters is 1. The molecule has 0 unspecified atom stereocenters. The van der Waals surface area contributed by atoms with Gasteiger partial charge in [-0.2, -0.15) is 0 Å². The zero-order valence-electron chi connectivity index (χ0n) is 11.4. The number of nitrogens with one attached hydrogen (secondary N) is 1. The molecular weight excluding hydrogens is 284 g/mol. The average molecular weight is 299 g/mol. The Labute approximate surface area is 120 Å². The Balaban J connectivity index is 1.94. The molecule has 114 valence electrons. The Kier molecular flexibility index (Phi) is 4.85. The highest BCUT2D eigenvalue weighted by Gasteiger charge is 2.28. The van der Waals surface area contributed by atoms with Gasteiger partial charge in [-0.25, -0.2) is 13.6 Å². The molecule has 5 nitrogen and oxygen atoms in total. The molecule has 1 N–H and O–H groups in total. The van der Waals surface area contributed by atoms with Crippen LogP contribution < -0.4 is 5.32 Å². The van der Waals surface area contributed by atoms with Crippen LogP contribution in [0.15, 0.2) is 18.2 Å². The topological polar surface area (TPSA) is 64.6 Å². The average Bonchev–Trinajstić information content (AvgIpc) is 2.97. The predicted molar refractivity (Wildman–Crippen MR) is 69.5 cm³/mol. The minimum Gasteiger partial charge on any atom is -0.451 e. The molecule has 0 aliphatic carbocycles. The van der Waals surface area contributed by atoms with E-state index in [2.05, 4.69) is 5.32 Å². The molecule has 0 bridgehead atoms. The number of ether oxygens (including phenoxy) is 2. The van der Waals surface area contributed by atoms with Crippen molar-refractivity contribution in [1.29, 1.82) is 0 Å². The molecule has 1 fully saturated rings. The fraction of sp³-hybridized carbons (Fsp3) is 0.429. The molecule has 1 amide bonds. The van der Waals surface area contributed by atoms with Crippen molar-refractivity contribution >= 4 is 17.6 Å². The summed E-state index contributed by atoms with van der Waals surface area (Å²) in [5, 5.41) is 2.07. The van der Waals surface area contributed by atoms with Gasteiger partial charge in [0.2, 0.25) is 0 Å². The van der Waals surface area contributed by atoms with E-state index in [1.807, 2.05) is 0 Å². The molecule has 1 aliphatic heterocycles. The normalized spacial score (nSPS) is 19.1. The molecule has 7 heteroatoms. The van der Waals surface area contributed by atoms with Gasteiger partial charge in [0.05, 0.1) is 0 Å². The molecule has 1 saturated heterocycles. The number of carbonyl (C=O) groups is 2. The van der Waals surface area contributed by atoms with E-state index < -0.39 is 41.4 Å². The first-order chi connectivity index (χ1) is 9.99. The first kappa shape index (κ1) is 15.4. The Hall–Kier alpha value is -2.02. The van der Waals surface area contributed by atoms with Crippen LogP contribution in [0.4, 0.5) is 14.5 Å². The van der Waals surface area contributed by atoms with Crippen LogP contribution in [0.25, 0.3) is 0 Å². The van der Waals surface area contributed by atoms with E-state index in [0.29, 0.717) is 13.0 Å². The summed E-state index contributed by atoms with van der Waals surface area (Å²) in [4.78, 5) is 23.5. The van der Waals surface area contributed by atoms with Crippen LogP contribution in [0.3, 0.4) is 0 Å². The largest absolute Gasteiger partial charge is 0.451 e. The van der Waals surface area contributed by atoms with E-state index in [4.69, 9.17) is 9.47 Å². The molecule has 0 aromatic heterocycles. The number of rotatable bonds is 4. The highest BCUT2D eigenvalue weighted by molar-refractivity contribution is 5.95. The van der Waals surface area contributed by atoms with Gasteiger partial charge in [-0.1, -0.05) is 6.07 Å². The number of hydrogen-bond acceptors (Lipinski definition) is 4. The van der Waals surface area contributed by atoms with Crippen molar-refractivity contribution in [3.05, 3.63) is 29.8 Å². The van der Waals surface area contributed by atoms with Crippen LogP contribution in [0.2, 0.25) is 0 Å². The van der Waals surface area contributed by atoms with Crippen LogP contribution in [0.1, 0.15) is 19.8 Å². The number of anilines is 1. The number of hydrogen-bond donors (Lipinski definition) is 1. The van der Waals surface area contributed by atoms with Crippen molar-refractivity contribution in [3.63, 3.8) is 0 Å². The Morgan fingerprint density at radius 2 is 2.05 bits per heavy atom. The molecular formula is C14H15F2NO4. The van der Waals surface area contributed by atoms with Crippen LogP contribution in [0, 0.1) is 11.6 Å². The molecule has 2 rings (SSSR count). The molecule has 1 heterocycles. The lowest BCUT2D eigenvalue weighted by atomic mass is 10.2. The van der Waals surface area contributed by atoms with E-state index in [1.54, 1.807) is 0 Å². The van der Waals surface area contributed by atoms with Gasteiger partial charge < -0.3 is 14.8 Å². The molecule has 1 aromatic rings. The smallest absolute Gasteiger partial charge is 0.336 e. The highest BCUT2D eigenvalue weighted by atomic mass is 19.1. The van der Waals surface area contributed by atoms with E-state index in [9.17, 15) is 18.4 Å². The molecule has 21 heavy (non-hydrogen) atoms. The van der Waals surface area contributed by atoms with Gasteiger partial charge >= 0.3 is 5.97 Å². The summed E-state index contributed by atoms with van der Waals surface area (Å²) >= 11 is 0. The minimum atomic E-state index is -1.18. The summed E-state index contributed by atoms with van der Waals surface area (Å²) in [7, 11) is 0. The van der Waals surface area contributed by atoms with Crippen molar-refractivity contribution in [3.8, 4) is 0 Å². The summed E-state index contributed by atoms with van der Waals surface area (Å²) in [5.74, 6) is -3.27. The van der Waals surface area contributed by atoms with E-state index in [0.717, 1.165) is 18.6 Å². The summed E-state index contributed by atoms with van der Waals surface area (Å²) in [6, 6.07) is 3.21. The van der Waals surface area contributed by atoms with E-state index in [1.165, 1.54) is 13.0 Å². The van der Waals surface area contributed by atoms with Gasteiger partial charge in [0.1, 0.15) is 17.3 Å². The second kappa shape index (κ2) is 6.62. The first-order valence-corrected chi connectivity index (χ1v) is 6.56. The molecule has 0 saturated carbocycles. The third kappa shape index (κ3) is 3.75. The number of halogens is 2. The van der Waals surface area contributed by atoms with Gasteiger partial charge in [0.15, 0.2) is 12.2 Å². The lowest BCUT2D eigenvalue weighted by Crippen LogP contribution is -2.34. The third-order valence-electron chi connectivity index (χ3n) is 3.07. The molecule has 2 atom stereocenters. The van der Waals surface area contributed by atoms with Crippen molar-refractivity contribution in [2.75, 3.05) is 11.9 Å². The monoisotopic (exact) mass is 299 g/mol. The molecule has 0 spiro atoms. The quantitative estimate of drug-likeness (QED) is 0.864. The predicted octanol–water partition coefficient (Wildman–Crippen LogP) is 2.01. The Morgan fingerprint density at radius 3 is 2.62 bits per heavy atom. The minimum absolute atomic E-state index is 0.473. The van der Waals surface area contributed by atoms with Gasteiger partial charge in [-0.15, -0.1) is 0 Å². The standard InChI is InChI=1S/C14H15F2NO4/c1-8(21-14(19)11-6-3-7-20-11)13(18)17-12-9(15)4-2-5-10(12)16/h2,4-5,8,11H,3,6-7H2,1H3,(H,17,18)/t8-,11-/m1/s1. The van der Waals surface area contributed by atoms with Crippen LogP contribution in [-0.4, -0.2) is 30.7 Å². The summed E-state index contributed by atoms with van der Waals surface area (Å²) < 4.78 is 36.9. The van der Waals surface area contributed by atoms with Crippen LogP contribution in [-0.2, 0) is 19.1 Å². The van der Waals surface area contributed by atoms with E-state index in [-0.39, 0.29) is 0 Å². The van der Waals surface area contributed by atoms with Crippen LogP contribution in [0.5, 0.6) is 0 Å². The van der Waals surface area contributed by atoms with Gasteiger partial charge in [-0.3, -0.25) is 4.79 Å². The number of amides is 1. The lowest BCUT2D eigenvalue weighted by Gasteiger charge is -2.16. The lowest BCUT2D eigenvalue weighted by molar-refractivity contribution is -0.162. The summed E-state index contributed by atoms with van der Waals surface area (Å²) in [6.07, 6.45) is -0.568. The second-order valence-electron chi connectivity index (χ2n) is 4.67.